The van der Waals surface area contributed by atoms with E-state index in [1.54, 1.807) is 4.90 Å². The lowest BCUT2D eigenvalue weighted by Gasteiger charge is -2.43. The minimum Gasteiger partial charge on any atom is -0.465 e. The number of carbonyl (C=O) groups excluding carboxylic acids is 1. The Labute approximate surface area is 194 Å². The van der Waals surface area contributed by atoms with E-state index in [0.717, 1.165) is 17.2 Å². The van der Waals surface area contributed by atoms with Crippen molar-refractivity contribution in [1.82, 2.24) is 19.2 Å². The first-order chi connectivity index (χ1) is 15.7. The van der Waals surface area contributed by atoms with Crippen molar-refractivity contribution in [2.45, 2.75) is 39.3 Å². The maximum atomic E-state index is 13.7. The van der Waals surface area contributed by atoms with E-state index in [1.165, 1.54) is 4.90 Å². The molecule has 8 nitrogen and oxygen atoms in total. The smallest absolute Gasteiger partial charge is 0.408 e. The van der Waals surface area contributed by atoms with E-state index in [2.05, 4.69) is 20.4 Å². The molecule has 2 amide bonds. The van der Waals surface area contributed by atoms with Crippen molar-refractivity contribution in [1.29, 1.82) is 0 Å². The topological polar surface area (TPSA) is 81.4 Å². The van der Waals surface area contributed by atoms with Crippen LogP contribution >= 0.6 is 0 Å². The number of piperazine rings is 1. The molecule has 4 rings (SSSR count). The highest BCUT2D eigenvalue weighted by atomic mass is 16.4. The summed E-state index contributed by atoms with van der Waals surface area (Å²) in [5.41, 5.74) is 1.80. The van der Waals surface area contributed by atoms with Gasteiger partial charge in [0.1, 0.15) is 17.5 Å². The van der Waals surface area contributed by atoms with Gasteiger partial charge in [0, 0.05) is 37.9 Å². The number of aromatic nitrogens is 2. The Balaban J connectivity index is 1.58. The van der Waals surface area contributed by atoms with Gasteiger partial charge in [-0.2, -0.15) is 0 Å². The molecule has 174 valence electrons. The average Bonchev–Trinajstić information content (AvgIpc) is 3.16. The van der Waals surface area contributed by atoms with E-state index < -0.39 is 17.7 Å². The zero-order chi connectivity index (χ0) is 23.8. The number of hydrogen-bond acceptors (Lipinski definition) is 4. The highest BCUT2D eigenvalue weighted by Crippen LogP contribution is 2.31. The van der Waals surface area contributed by atoms with Gasteiger partial charge in [-0.15, -0.1) is 0 Å². The van der Waals surface area contributed by atoms with Crippen molar-refractivity contribution in [3.63, 3.8) is 0 Å². The molecule has 0 aliphatic carbocycles. The summed E-state index contributed by atoms with van der Waals surface area (Å²) in [6, 6.07) is 14.3. The zero-order valence-corrected chi connectivity index (χ0v) is 19.6. The molecule has 0 unspecified atom stereocenters. The van der Waals surface area contributed by atoms with E-state index in [-0.39, 0.29) is 5.91 Å². The van der Waals surface area contributed by atoms with Crippen LogP contribution in [0.15, 0.2) is 54.7 Å². The molecule has 1 atom stereocenters. The summed E-state index contributed by atoms with van der Waals surface area (Å²) in [6.07, 6.45) is 0.910. The van der Waals surface area contributed by atoms with Crippen molar-refractivity contribution in [2.75, 3.05) is 31.1 Å². The van der Waals surface area contributed by atoms with Crippen LogP contribution in [-0.4, -0.2) is 68.0 Å². The first kappa shape index (κ1) is 22.6. The summed E-state index contributed by atoms with van der Waals surface area (Å²) < 4.78 is 2.07. The molecule has 8 heteroatoms. The van der Waals surface area contributed by atoms with Crippen molar-refractivity contribution < 1.29 is 14.7 Å². The highest BCUT2D eigenvalue weighted by molar-refractivity contribution is 5.87. The van der Waals surface area contributed by atoms with Gasteiger partial charge >= 0.3 is 6.09 Å². The molecule has 0 radical (unpaired) electrons. The monoisotopic (exact) mass is 449 g/mol. The number of carbonyl (C=O) groups is 2. The number of benzene rings is 1. The molecule has 1 aliphatic heterocycles. The molecule has 2 aromatic heterocycles. The molecular formula is C25H31N5O3. The molecule has 1 aromatic carbocycles. The molecule has 33 heavy (non-hydrogen) atoms. The highest BCUT2D eigenvalue weighted by Gasteiger charge is 2.41. The number of imidazole rings is 1. The number of fused-ring (bicyclic) bond motifs is 1. The maximum absolute atomic E-state index is 13.7. The van der Waals surface area contributed by atoms with Gasteiger partial charge in [0.2, 0.25) is 5.91 Å². The third-order valence-corrected chi connectivity index (χ3v) is 6.04. The standard InChI is InChI=1S/C25H31N5O3/c1-18-17-29-20(26-18)11-8-12-21(29)27-13-15-28(16-14-27)23(31)22(19-9-6-5-7-10-19)30(24(32)33)25(2,3)4/h5-12,17,22H,13-16H2,1-4H3,(H,32,33)/t22-/m1/s1. The lowest BCUT2D eigenvalue weighted by molar-refractivity contribution is -0.138. The number of aryl methyl sites for hydroxylation is 1. The largest absolute Gasteiger partial charge is 0.465 e. The van der Waals surface area contributed by atoms with Gasteiger partial charge in [0.25, 0.3) is 0 Å². The van der Waals surface area contributed by atoms with E-state index >= 15 is 0 Å². The second-order valence-corrected chi connectivity index (χ2v) is 9.44. The Bertz CT molecular complexity index is 1140. The number of anilines is 1. The van der Waals surface area contributed by atoms with Crippen LogP contribution in [0.25, 0.3) is 5.65 Å². The number of pyridine rings is 1. The Morgan fingerprint density at radius 1 is 1.00 bits per heavy atom. The maximum Gasteiger partial charge on any atom is 0.408 e. The first-order valence-electron chi connectivity index (χ1n) is 11.2. The van der Waals surface area contributed by atoms with Gasteiger partial charge < -0.3 is 14.9 Å². The minimum atomic E-state index is -1.11. The lowest BCUT2D eigenvalue weighted by Crippen LogP contribution is -2.56. The zero-order valence-electron chi connectivity index (χ0n) is 19.6. The summed E-state index contributed by atoms with van der Waals surface area (Å²) in [6.45, 7) is 9.77. The van der Waals surface area contributed by atoms with Crippen LogP contribution in [0.4, 0.5) is 10.6 Å². The number of amides is 2. The third kappa shape index (κ3) is 4.51. The average molecular weight is 450 g/mol. The minimum absolute atomic E-state index is 0.185. The number of hydrogen-bond donors (Lipinski definition) is 1. The predicted octanol–water partition coefficient (Wildman–Crippen LogP) is 3.81. The van der Waals surface area contributed by atoms with E-state index in [1.807, 2.05) is 76.4 Å². The van der Waals surface area contributed by atoms with Crippen LogP contribution < -0.4 is 4.90 Å². The fourth-order valence-electron chi connectivity index (χ4n) is 4.53. The van der Waals surface area contributed by atoms with Crippen LogP contribution in [0, 0.1) is 6.92 Å². The summed E-state index contributed by atoms with van der Waals surface area (Å²) in [7, 11) is 0. The fraction of sp³-hybridized carbons (Fsp3) is 0.400. The predicted molar refractivity (Wildman–Crippen MR) is 128 cm³/mol. The van der Waals surface area contributed by atoms with Crippen LogP contribution in [0.1, 0.15) is 38.1 Å². The van der Waals surface area contributed by atoms with Gasteiger partial charge in [0.15, 0.2) is 0 Å². The quantitative estimate of drug-likeness (QED) is 0.655. The summed E-state index contributed by atoms with van der Waals surface area (Å²) in [4.78, 5) is 35.8. The van der Waals surface area contributed by atoms with Crippen LogP contribution in [-0.2, 0) is 4.79 Å². The summed E-state index contributed by atoms with van der Waals surface area (Å²) >= 11 is 0. The van der Waals surface area contributed by atoms with Gasteiger partial charge in [-0.25, -0.2) is 9.78 Å². The van der Waals surface area contributed by atoms with Crippen molar-refractivity contribution in [2.24, 2.45) is 0 Å². The van der Waals surface area contributed by atoms with E-state index in [0.29, 0.717) is 31.7 Å². The SMILES string of the molecule is Cc1cn2c(N3CCN(C(=O)[C@@H](c4ccccc4)N(C(=O)O)C(C)(C)C)CC3)cccc2n1. The van der Waals surface area contributed by atoms with Crippen molar-refractivity contribution in [3.05, 3.63) is 66.0 Å². The molecule has 1 saturated heterocycles. The number of nitrogens with zero attached hydrogens (tertiary/aromatic N) is 5. The number of carboxylic acid groups (broad SMARTS) is 1. The molecule has 0 bridgehead atoms. The van der Waals surface area contributed by atoms with Crippen LogP contribution in [0.2, 0.25) is 0 Å². The molecule has 0 spiro atoms. The van der Waals surface area contributed by atoms with Crippen molar-refractivity contribution >= 4 is 23.5 Å². The summed E-state index contributed by atoms with van der Waals surface area (Å²) in [5, 5.41) is 10.0. The second kappa shape index (κ2) is 8.77. The fourth-order valence-corrected chi connectivity index (χ4v) is 4.53. The Morgan fingerprint density at radius 3 is 2.27 bits per heavy atom. The lowest BCUT2D eigenvalue weighted by atomic mass is 9.97. The van der Waals surface area contributed by atoms with Gasteiger partial charge in [-0.1, -0.05) is 36.4 Å². The molecule has 1 aliphatic rings. The van der Waals surface area contributed by atoms with Crippen molar-refractivity contribution in [3.8, 4) is 0 Å². The Hall–Kier alpha value is -3.55. The normalized spacial score (nSPS) is 15.5. The van der Waals surface area contributed by atoms with E-state index in [4.69, 9.17) is 0 Å². The van der Waals surface area contributed by atoms with Crippen LogP contribution in [0.3, 0.4) is 0 Å². The first-order valence-corrected chi connectivity index (χ1v) is 11.2. The van der Waals surface area contributed by atoms with Gasteiger partial charge in [0.05, 0.1) is 5.69 Å². The molecule has 1 N–H and O–H groups in total. The second-order valence-electron chi connectivity index (χ2n) is 9.44. The summed E-state index contributed by atoms with van der Waals surface area (Å²) in [5.74, 6) is 0.858. The third-order valence-electron chi connectivity index (χ3n) is 6.04. The van der Waals surface area contributed by atoms with E-state index in [9.17, 15) is 14.7 Å². The van der Waals surface area contributed by atoms with Gasteiger partial charge in [-0.05, 0) is 45.4 Å². The molecule has 3 heterocycles. The Morgan fingerprint density at radius 2 is 1.67 bits per heavy atom. The molecule has 3 aromatic rings. The molecule has 0 saturated carbocycles. The molecular weight excluding hydrogens is 418 g/mol. The van der Waals surface area contributed by atoms with Gasteiger partial charge in [-0.3, -0.25) is 14.1 Å². The molecule has 1 fully saturated rings. The Kier molecular flexibility index (Phi) is 6.01. The van der Waals surface area contributed by atoms with Crippen LogP contribution in [0.5, 0.6) is 0 Å². The number of rotatable bonds is 4.